The summed E-state index contributed by atoms with van der Waals surface area (Å²) in [6, 6.07) is 16.9. The molecule has 5 unspecified atom stereocenters. The number of hydrogen-bond donors (Lipinski definition) is 3. The quantitative estimate of drug-likeness (QED) is 0.147. The molecule has 3 heterocycles. The van der Waals surface area contributed by atoms with Gasteiger partial charge in [-0.1, -0.05) is 30.3 Å². The van der Waals surface area contributed by atoms with E-state index in [9.17, 15) is 24.6 Å². The Bertz CT molecular complexity index is 1910. The second kappa shape index (κ2) is 12.6. The lowest BCUT2D eigenvalue weighted by Gasteiger charge is -2.60. The van der Waals surface area contributed by atoms with Gasteiger partial charge in [0.1, 0.15) is 72.1 Å². The summed E-state index contributed by atoms with van der Waals surface area (Å²) in [6.07, 6.45) is 0.803. The minimum atomic E-state index is -2.94. The average molecular weight is 669 g/mol. The number of fused-ring (bicyclic) bond motifs is 2. The van der Waals surface area contributed by atoms with Crippen molar-refractivity contribution in [3.8, 4) is 11.8 Å². The number of epoxide rings is 1. The zero-order valence-corrected chi connectivity index (χ0v) is 26.9. The summed E-state index contributed by atoms with van der Waals surface area (Å²) < 4.78 is 26.8. The van der Waals surface area contributed by atoms with Gasteiger partial charge in [0.2, 0.25) is 12.3 Å². The fourth-order valence-electron chi connectivity index (χ4n) is 6.43. The highest BCUT2D eigenvalue weighted by atomic mass is 19.1. The molecule has 0 aliphatic carbocycles. The van der Waals surface area contributed by atoms with E-state index in [1.165, 1.54) is 6.07 Å². The number of rotatable bonds is 11. The number of carbonyl (C=O) groups excluding carboxylic acids is 3. The first kappa shape index (κ1) is 35.2. The number of piperazine rings is 1. The largest absolute Gasteiger partial charge is 0.489 e. The van der Waals surface area contributed by atoms with E-state index in [0.29, 0.717) is 41.2 Å². The second-order valence-corrected chi connectivity index (χ2v) is 12.5. The van der Waals surface area contributed by atoms with Gasteiger partial charge in [0.15, 0.2) is 0 Å². The molecule has 5 atom stereocenters. The summed E-state index contributed by atoms with van der Waals surface area (Å²) in [5.74, 6) is -1.06. The van der Waals surface area contributed by atoms with Gasteiger partial charge < -0.3 is 29.5 Å². The number of nitrogens with zero attached hydrogens (tertiary/aromatic N) is 4. The Kier molecular flexibility index (Phi) is 8.89. The number of amides is 3. The van der Waals surface area contributed by atoms with Crippen LogP contribution in [0.2, 0.25) is 0 Å². The minimum absolute atomic E-state index is 0.0133. The van der Waals surface area contributed by atoms with Crippen molar-refractivity contribution in [3.63, 3.8) is 0 Å². The van der Waals surface area contributed by atoms with Crippen LogP contribution in [0, 0.1) is 17.1 Å². The summed E-state index contributed by atoms with van der Waals surface area (Å²) in [7, 11) is 25.2. The molecule has 3 aromatic carbocycles. The first-order valence-electron chi connectivity index (χ1n) is 15.5. The number of hydrogen-bond acceptors (Lipinski definition) is 10. The molecule has 3 aliphatic heterocycles. The molecule has 246 valence electrons. The van der Waals surface area contributed by atoms with Crippen molar-refractivity contribution < 1.29 is 38.5 Å². The molecule has 50 heavy (non-hydrogen) atoms. The van der Waals surface area contributed by atoms with Crippen LogP contribution in [0.25, 0.3) is 0 Å². The highest BCUT2D eigenvalue weighted by Crippen LogP contribution is 2.59. The third-order valence-electron chi connectivity index (χ3n) is 9.38. The van der Waals surface area contributed by atoms with Gasteiger partial charge >= 0.3 is 0 Å². The number of carbonyl (C=O) groups is 3. The maximum atomic E-state index is 15.1. The maximum Gasteiger partial charge on any atom is 0.254 e. The number of halogens is 1. The van der Waals surface area contributed by atoms with Gasteiger partial charge in [-0.2, -0.15) is 5.26 Å². The average Bonchev–Trinajstić information content (AvgIpc) is 3.47. The van der Waals surface area contributed by atoms with E-state index in [0.717, 1.165) is 28.2 Å². The fourth-order valence-corrected chi connectivity index (χ4v) is 6.43. The van der Waals surface area contributed by atoms with E-state index >= 15 is 4.39 Å². The van der Waals surface area contributed by atoms with E-state index in [2.05, 4.69) is 5.32 Å². The van der Waals surface area contributed by atoms with Crippen LogP contribution in [0.3, 0.4) is 0 Å². The lowest BCUT2D eigenvalue weighted by molar-refractivity contribution is -0.177. The Morgan fingerprint density at radius 2 is 1.80 bits per heavy atom. The molecule has 0 bridgehead atoms. The molecule has 3 N–H and O–H groups in total. The molecule has 2 fully saturated rings. The minimum Gasteiger partial charge on any atom is -0.489 e. The van der Waals surface area contributed by atoms with Gasteiger partial charge in [-0.25, -0.2) is 4.39 Å². The number of nitriles is 1. The van der Waals surface area contributed by atoms with E-state index < -0.39 is 39.9 Å². The highest BCUT2D eigenvalue weighted by Gasteiger charge is 2.79. The molecule has 0 aromatic heterocycles. The van der Waals surface area contributed by atoms with Crippen molar-refractivity contribution in [1.82, 2.24) is 15.1 Å². The Hall–Kier alpha value is -4.61. The maximum absolute atomic E-state index is 15.1. The standard InChI is InChI=1S/C33H28B4FN5O7/c1-19(5-12-28(45)40-18-44)41-16-24-23(29(41)46)3-2-4-27(24)49-17-21-8-6-20(7-9-21)15-42-30(34,47)31(35,48)43(33(37)32(42,36)50-33)26-11-10-22(14-39)13-25(26)38/h2-4,6-11,13,18-19,47-48H,5,12,15-17H2,1H3,(H,40,44,45). The number of nitrogens with one attached hydrogen (secondary N) is 1. The van der Waals surface area contributed by atoms with Crippen molar-refractivity contribution in [1.29, 1.82) is 5.26 Å². The fraction of sp³-hybridized carbons (Fsp3) is 0.333. The predicted molar refractivity (Wildman–Crippen MR) is 179 cm³/mol. The molecule has 6 rings (SSSR count). The number of anilines is 1. The third kappa shape index (κ3) is 5.66. The second-order valence-electron chi connectivity index (χ2n) is 12.5. The zero-order valence-electron chi connectivity index (χ0n) is 26.9. The monoisotopic (exact) mass is 669 g/mol. The Labute approximate surface area is 292 Å². The molecular weight excluding hydrogens is 641 g/mol. The van der Waals surface area contributed by atoms with Gasteiger partial charge in [-0.15, -0.1) is 0 Å². The molecular formula is C33H28B4FN5O7. The van der Waals surface area contributed by atoms with E-state index in [1.807, 2.05) is 6.92 Å². The van der Waals surface area contributed by atoms with Crippen molar-refractivity contribution >= 4 is 55.3 Å². The van der Waals surface area contributed by atoms with Crippen LogP contribution in [0.15, 0.2) is 60.7 Å². The molecule has 3 aliphatic rings. The van der Waals surface area contributed by atoms with E-state index in [4.69, 9.17) is 46.1 Å². The first-order chi connectivity index (χ1) is 23.6. The number of imide groups is 1. The number of benzene rings is 3. The Morgan fingerprint density at radius 3 is 2.46 bits per heavy atom. The molecule has 8 radical (unpaired) electrons. The van der Waals surface area contributed by atoms with Crippen LogP contribution in [-0.2, 0) is 34.0 Å². The SMILES string of the molecule is [B]C1(O)N(Cc2ccc(COc3cccc4c3CN(C(C)CCC(=O)NC=O)C4=O)cc2)C2([B])OC2([B])N(c2ccc(C#N)cc2F)C1([B])O. The van der Waals surface area contributed by atoms with Gasteiger partial charge in [-0.3, -0.25) is 24.6 Å². The topological polar surface area (TPSA) is 159 Å². The van der Waals surface area contributed by atoms with Crippen LogP contribution in [-0.4, -0.2) is 98.2 Å². The van der Waals surface area contributed by atoms with E-state index in [1.54, 1.807) is 53.4 Å². The highest BCUT2D eigenvalue weighted by molar-refractivity contribution is 6.34. The normalized spacial score (nSPS) is 27.5. The zero-order chi connectivity index (χ0) is 36.2. The molecule has 0 saturated carbocycles. The van der Waals surface area contributed by atoms with Crippen LogP contribution < -0.4 is 15.0 Å². The molecule has 2 saturated heterocycles. The summed E-state index contributed by atoms with van der Waals surface area (Å²) >= 11 is 0. The van der Waals surface area contributed by atoms with E-state index in [-0.39, 0.29) is 37.1 Å². The van der Waals surface area contributed by atoms with Gasteiger partial charge in [0, 0.05) is 30.1 Å². The summed E-state index contributed by atoms with van der Waals surface area (Å²) in [6.45, 7) is 2.06. The molecule has 12 nitrogen and oxygen atoms in total. The van der Waals surface area contributed by atoms with Crippen LogP contribution in [0.1, 0.15) is 52.4 Å². The van der Waals surface area contributed by atoms with Crippen molar-refractivity contribution in [2.45, 2.75) is 68.0 Å². The Balaban J connectivity index is 1.14. The summed E-state index contributed by atoms with van der Waals surface area (Å²) in [5.41, 5.74) is -7.87. The lowest BCUT2D eigenvalue weighted by atomic mass is 9.59. The van der Waals surface area contributed by atoms with Crippen LogP contribution in [0.4, 0.5) is 10.1 Å². The molecule has 0 spiro atoms. The molecule has 17 heteroatoms. The Morgan fingerprint density at radius 1 is 1.10 bits per heavy atom. The number of aliphatic hydroxyl groups is 2. The lowest BCUT2D eigenvalue weighted by Crippen LogP contribution is -2.82. The molecule has 3 aromatic rings. The third-order valence-corrected chi connectivity index (χ3v) is 9.38. The predicted octanol–water partition coefficient (Wildman–Crippen LogP) is 0.300. The van der Waals surface area contributed by atoms with Crippen molar-refractivity contribution in [2.75, 3.05) is 4.90 Å². The van der Waals surface area contributed by atoms with Crippen LogP contribution >= 0.6 is 0 Å². The van der Waals surface area contributed by atoms with Gasteiger partial charge in [0.05, 0.1) is 23.9 Å². The van der Waals surface area contributed by atoms with Crippen LogP contribution in [0.5, 0.6) is 5.75 Å². The first-order valence-corrected chi connectivity index (χ1v) is 15.5. The summed E-state index contributed by atoms with van der Waals surface area (Å²) in [5, 5.41) is 34.0. The van der Waals surface area contributed by atoms with Gasteiger partial charge in [-0.05, 0) is 54.8 Å². The van der Waals surface area contributed by atoms with Crippen molar-refractivity contribution in [3.05, 3.63) is 94.3 Å². The van der Waals surface area contributed by atoms with Gasteiger partial charge in [0.25, 0.3) is 5.91 Å². The molecule has 3 amide bonds. The number of ether oxygens (including phenoxy) is 2. The summed E-state index contributed by atoms with van der Waals surface area (Å²) in [4.78, 5) is 38.6. The smallest absolute Gasteiger partial charge is 0.254 e. The van der Waals surface area contributed by atoms with Crippen molar-refractivity contribution in [2.24, 2.45) is 0 Å².